The SMILES string of the molecule is CC(C)(C)C1CCN(C(=O)c2cncc(NN)n2)C1. The first-order valence-corrected chi connectivity index (χ1v) is 6.49. The van der Waals surface area contributed by atoms with Gasteiger partial charge in [-0.3, -0.25) is 9.78 Å². The Morgan fingerprint density at radius 1 is 1.47 bits per heavy atom. The molecule has 0 radical (unpaired) electrons. The molecular weight excluding hydrogens is 242 g/mol. The van der Waals surface area contributed by atoms with E-state index in [9.17, 15) is 4.79 Å². The molecule has 0 saturated carbocycles. The monoisotopic (exact) mass is 263 g/mol. The number of amides is 1. The molecule has 0 spiro atoms. The van der Waals surface area contributed by atoms with E-state index in [2.05, 4.69) is 36.2 Å². The highest BCUT2D eigenvalue weighted by Crippen LogP contribution is 2.33. The Balaban J connectivity index is 2.09. The standard InChI is InChI=1S/C13H21N5O/c1-13(2,3)9-4-5-18(8-9)12(19)10-6-15-7-11(16-10)17-14/h6-7,9H,4-5,8,14H2,1-3H3,(H,16,17). The van der Waals surface area contributed by atoms with Crippen LogP contribution in [0.15, 0.2) is 12.4 Å². The van der Waals surface area contributed by atoms with Crippen molar-refractivity contribution in [3.05, 3.63) is 18.1 Å². The fourth-order valence-electron chi connectivity index (χ4n) is 2.35. The van der Waals surface area contributed by atoms with Gasteiger partial charge in [0.05, 0.1) is 12.4 Å². The van der Waals surface area contributed by atoms with Gasteiger partial charge in [0.1, 0.15) is 5.69 Å². The maximum absolute atomic E-state index is 12.3. The number of carbonyl (C=O) groups is 1. The zero-order valence-electron chi connectivity index (χ0n) is 11.7. The molecule has 104 valence electrons. The smallest absolute Gasteiger partial charge is 0.274 e. The Bertz CT molecular complexity index is 468. The van der Waals surface area contributed by atoms with Crippen molar-refractivity contribution in [3.8, 4) is 0 Å². The number of nitrogens with two attached hydrogens (primary N) is 1. The number of carbonyl (C=O) groups excluding carboxylic acids is 1. The van der Waals surface area contributed by atoms with Gasteiger partial charge in [-0.05, 0) is 17.8 Å². The van der Waals surface area contributed by atoms with E-state index in [4.69, 9.17) is 5.84 Å². The lowest BCUT2D eigenvalue weighted by Gasteiger charge is -2.26. The molecule has 0 aliphatic carbocycles. The molecule has 0 aromatic carbocycles. The summed E-state index contributed by atoms with van der Waals surface area (Å²) in [6.07, 6.45) is 4.00. The van der Waals surface area contributed by atoms with Gasteiger partial charge in [-0.25, -0.2) is 10.8 Å². The van der Waals surface area contributed by atoms with E-state index in [0.29, 0.717) is 17.4 Å². The Morgan fingerprint density at radius 2 is 2.21 bits per heavy atom. The average Bonchev–Trinajstić information content (AvgIpc) is 2.87. The molecule has 1 fully saturated rings. The minimum absolute atomic E-state index is 0.0728. The van der Waals surface area contributed by atoms with Crippen LogP contribution < -0.4 is 11.3 Å². The summed E-state index contributed by atoms with van der Waals surface area (Å²) in [6, 6.07) is 0. The summed E-state index contributed by atoms with van der Waals surface area (Å²) in [5, 5.41) is 0. The van der Waals surface area contributed by atoms with Gasteiger partial charge in [0.25, 0.3) is 5.91 Å². The van der Waals surface area contributed by atoms with E-state index < -0.39 is 0 Å². The zero-order valence-corrected chi connectivity index (χ0v) is 11.7. The van der Waals surface area contributed by atoms with Crippen LogP contribution in [0.1, 0.15) is 37.7 Å². The van der Waals surface area contributed by atoms with E-state index in [-0.39, 0.29) is 11.3 Å². The number of hydrogen-bond donors (Lipinski definition) is 2. The first-order valence-electron chi connectivity index (χ1n) is 6.49. The van der Waals surface area contributed by atoms with Crippen LogP contribution in [0.3, 0.4) is 0 Å². The Labute approximate surface area is 113 Å². The summed E-state index contributed by atoms with van der Waals surface area (Å²) in [6.45, 7) is 8.20. The largest absolute Gasteiger partial charge is 0.337 e. The average molecular weight is 263 g/mol. The summed E-state index contributed by atoms with van der Waals surface area (Å²) in [5.74, 6) is 6.13. The number of anilines is 1. The zero-order chi connectivity index (χ0) is 14.0. The van der Waals surface area contributed by atoms with Gasteiger partial charge in [0, 0.05) is 13.1 Å². The van der Waals surface area contributed by atoms with Gasteiger partial charge >= 0.3 is 0 Å². The molecule has 6 heteroatoms. The van der Waals surface area contributed by atoms with Crippen LogP contribution in [-0.2, 0) is 0 Å². The number of aromatic nitrogens is 2. The highest BCUT2D eigenvalue weighted by Gasteiger charge is 2.34. The summed E-state index contributed by atoms with van der Waals surface area (Å²) in [4.78, 5) is 22.3. The number of rotatable bonds is 2. The van der Waals surface area contributed by atoms with Crippen molar-refractivity contribution in [1.29, 1.82) is 0 Å². The lowest BCUT2D eigenvalue weighted by Crippen LogP contribution is -2.32. The molecule has 1 saturated heterocycles. The summed E-state index contributed by atoms with van der Waals surface area (Å²) in [7, 11) is 0. The minimum atomic E-state index is -0.0728. The molecule has 2 rings (SSSR count). The van der Waals surface area contributed by atoms with E-state index in [1.165, 1.54) is 12.4 Å². The topological polar surface area (TPSA) is 84.1 Å². The van der Waals surface area contributed by atoms with Crippen molar-refractivity contribution < 1.29 is 4.79 Å². The van der Waals surface area contributed by atoms with Crippen LogP contribution in [0.25, 0.3) is 0 Å². The number of nitrogens with zero attached hydrogens (tertiary/aromatic N) is 3. The lowest BCUT2D eigenvalue weighted by atomic mass is 9.80. The van der Waals surface area contributed by atoms with Crippen molar-refractivity contribution in [2.75, 3.05) is 18.5 Å². The predicted octanol–water partition coefficient (Wildman–Crippen LogP) is 1.27. The number of nitrogens with one attached hydrogen (secondary N) is 1. The molecule has 3 N–H and O–H groups in total. The molecule has 1 aliphatic rings. The molecule has 0 bridgehead atoms. The quantitative estimate of drug-likeness (QED) is 0.620. The van der Waals surface area contributed by atoms with Crippen LogP contribution in [-0.4, -0.2) is 33.9 Å². The summed E-state index contributed by atoms with van der Waals surface area (Å²) >= 11 is 0. The molecule has 1 aliphatic heterocycles. The molecular formula is C13H21N5O. The Kier molecular flexibility index (Phi) is 3.71. The Hall–Kier alpha value is -1.69. The first kappa shape index (κ1) is 13.7. The van der Waals surface area contributed by atoms with Crippen molar-refractivity contribution in [2.24, 2.45) is 17.2 Å². The third-order valence-corrected chi connectivity index (χ3v) is 3.70. The van der Waals surface area contributed by atoms with Gasteiger partial charge in [0.2, 0.25) is 0 Å². The van der Waals surface area contributed by atoms with Gasteiger partial charge in [-0.2, -0.15) is 0 Å². The second kappa shape index (κ2) is 5.13. The van der Waals surface area contributed by atoms with Crippen LogP contribution in [0.4, 0.5) is 5.82 Å². The van der Waals surface area contributed by atoms with E-state index in [1.54, 1.807) is 0 Å². The molecule has 1 amide bonds. The predicted molar refractivity (Wildman–Crippen MR) is 73.3 cm³/mol. The Morgan fingerprint density at radius 3 is 2.79 bits per heavy atom. The fourth-order valence-corrected chi connectivity index (χ4v) is 2.35. The van der Waals surface area contributed by atoms with Crippen molar-refractivity contribution in [1.82, 2.24) is 14.9 Å². The van der Waals surface area contributed by atoms with Crippen LogP contribution in [0.5, 0.6) is 0 Å². The molecule has 1 aromatic rings. The van der Waals surface area contributed by atoms with Crippen molar-refractivity contribution in [2.45, 2.75) is 27.2 Å². The molecule has 6 nitrogen and oxygen atoms in total. The van der Waals surface area contributed by atoms with Crippen LogP contribution in [0, 0.1) is 11.3 Å². The van der Waals surface area contributed by atoms with Crippen LogP contribution >= 0.6 is 0 Å². The molecule has 1 aromatic heterocycles. The fraction of sp³-hybridized carbons (Fsp3) is 0.615. The highest BCUT2D eigenvalue weighted by atomic mass is 16.2. The van der Waals surface area contributed by atoms with Gasteiger partial charge < -0.3 is 10.3 Å². The second-order valence-corrected chi connectivity index (χ2v) is 6.04. The normalized spacial score (nSPS) is 19.6. The minimum Gasteiger partial charge on any atom is -0.337 e. The highest BCUT2D eigenvalue weighted by molar-refractivity contribution is 5.92. The molecule has 19 heavy (non-hydrogen) atoms. The van der Waals surface area contributed by atoms with E-state index in [1.807, 2.05) is 4.90 Å². The molecule has 1 atom stereocenters. The number of hydrogen-bond acceptors (Lipinski definition) is 5. The third-order valence-electron chi connectivity index (χ3n) is 3.70. The number of nitrogen functional groups attached to an aromatic ring is 1. The van der Waals surface area contributed by atoms with Gasteiger partial charge in [-0.15, -0.1) is 0 Å². The van der Waals surface area contributed by atoms with Gasteiger partial charge in [-0.1, -0.05) is 20.8 Å². The summed E-state index contributed by atoms with van der Waals surface area (Å²) < 4.78 is 0. The maximum atomic E-state index is 12.3. The van der Waals surface area contributed by atoms with E-state index in [0.717, 1.165) is 19.5 Å². The lowest BCUT2D eigenvalue weighted by molar-refractivity contribution is 0.0770. The number of hydrazine groups is 1. The second-order valence-electron chi connectivity index (χ2n) is 6.04. The van der Waals surface area contributed by atoms with Gasteiger partial charge in [0.15, 0.2) is 5.82 Å². The summed E-state index contributed by atoms with van der Waals surface area (Å²) in [5.41, 5.74) is 2.96. The first-order chi connectivity index (χ1) is 8.91. The van der Waals surface area contributed by atoms with Crippen LogP contribution in [0.2, 0.25) is 0 Å². The third kappa shape index (κ3) is 3.01. The number of likely N-dealkylation sites (tertiary alicyclic amines) is 1. The molecule has 1 unspecified atom stereocenters. The van der Waals surface area contributed by atoms with E-state index >= 15 is 0 Å². The van der Waals surface area contributed by atoms with Crippen molar-refractivity contribution in [3.63, 3.8) is 0 Å². The maximum Gasteiger partial charge on any atom is 0.274 e. The molecule has 2 heterocycles. The van der Waals surface area contributed by atoms with Crippen molar-refractivity contribution >= 4 is 11.7 Å².